The zero-order valence-corrected chi connectivity index (χ0v) is 25.2. The minimum atomic E-state index is -1.11. The molecular formula is C31H44N6O6. The van der Waals surface area contributed by atoms with Gasteiger partial charge in [0, 0.05) is 6.54 Å². The van der Waals surface area contributed by atoms with Crippen LogP contribution in [0.1, 0.15) is 70.4 Å². The van der Waals surface area contributed by atoms with E-state index in [4.69, 9.17) is 11.5 Å². The number of hydrogen-bond acceptors (Lipinski definition) is 6. The maximum absolute atomic E-state index is 14.2. The number of benzene rings is 1. The summed E-state index contributed by atoms with van der Waals surface area (Å²) in [5, 5.41) is 8.15. The molecule has 1 aliphatic heterocycles. The fraction of sp³-hybridized carbons (Fsp3) is 0.613. The largest absolute Gasteiger partial charge is 0.368 e. The first-order valence-corrected chi connectivity index (χ1v) is 15.1. The van der Waals surface area contributed by atoms with Gasteiger partial charge in [-0.15, -0.1) is 0 Å². The lowest BCUT2D eigenvalue weighted by Crippen LogP contribution is -2.61. The van der Waals surface area contributed by atoms with Crippen molar-refractivity contribution < 1.29 is 28.8 Å². The molecule has 43 heavy (non-hydrogen) atoms. The predicted molar refractivity (Wildman–Crippen MR) is 158 cm³/mol. The van der Waals surface area contributed by atoms with Gasteiger partial charge in [-0.1, -0.05) is 64.3 Å². The van der Waals surface area contributed by atoms with Crippen molar-refractivity contribution >= 4 is 35.4 Å². The number of hydrogen-bond donors (Lipinski definition) is 5. The van der Waals surface area contributed by atoms with E-state index in [1.807, 2.05) is 24.3 Å². The Morgan fingerprint density at radius 2 is 1.53 bits per heavy atom. The molecule has 4 unspecified atom stereocenters. The fourth-order valence-corrected chi connectivity index (χ4v) is 6.45. The van der Waals surface area contributed by atoms with E-state index in [0.717, 1.165) is 30.4 Å². The zero-order chi connectivity index (χ0) is 31.5. The zero-order valence-electron chi connectivity index (χ0n) is 25.2. The Bertz CT molecular complexity index is 1250. The summed E-state index contributed by atoms with van der Waals surface area (Å²) in [5.41, 5.74) is 12.3. The molecule has 1 heterocycles. The molecule has 12 heteroatoms. The number of rotatable bonds is 11. The van der Waals surface area contributed by atoms with Crippen LogP contribution in [0.3, 0.4) is 0 Å². The highest BCUT2D eigenvalue weighted by Gasteiger charge is 2.43. The van der Waals surface area contributed by atoms with Crippen molar-refractivity contribution in [1.82, 2.24) is 20.9 Å². The fourth-order valence-electron chi connectivity index (χ4n) is 6.45. The van der Waals surface area contributed by atoms with Crippen molar-refractivity contribution in [2.75, 3.05) is 6.54 Å². The van der Waals surface area contributed by atoms with Gasteiger partial charge in [-0.3, -0.25) is 24.0 Å². The first kappa shape index (κ1) is 32.0. The summed E-state index contributed by atoms with van der Waals surface area (Å²) < 4.78 is 0. The Morgan fingerprint density at radius 1 is 0.907 bits per heavy atom. The van der Waals surface area contributed by atoms with Crippen LogP contribution in [-0.4, -0.2) is 71.1 Å². The Balaban J connectivity index is 1.53. The molecule has 4 atom stereocenters. The lowest BCUT2D eigenvalue weighted by atomic mass is 9.80. The number of nitrogens with two attached hydrogens (primary N) is 2. The molecule has 0 bridgehead atoms. The summed E-state index contributed by atoms with van der Waals surface area (Å²) in [6.45, 7) is 5.61. The maximum atomic E-state index is 14.2. The highest BCUT2D eigenvalue weighted by atomic mass is 16.2. The number of ketones is 1. The highest BCUT2D eigenvalue weighted by molar-refractivity contribution is 6.37. The molecule has 7 N–H and O–H groups in total. The van der Waals surface area contributed by atoms with Crippen LogP contribution in [-0.2, 0) is 36.8 Å². The molecule has 0 aromatic heterocycles. The second-order valence-corrected chi connectivity index (χ2v) is 13.2. The molecule has 1 aromatic carbocycles. The Kier molecular flexibility index (Phi) is 9.76. The number of likely N-dealkylation sites (tertiary alicyclic amines) is 1. The molecule has 2 aliphatic carbocycles. The van der Waals surface area contributed by atoms with E-state index >= 15 is 0 Å². The predicted octanol–water partition coefficient (Wildman–Crippen LogP) is 0.690. The van der Waals surface area contributed by atoms with Crippen LogP contribution in [0.2, 0.25) is 0 Å². The molecule has 1 aromatic rings. The van der Waals surface area contributed by atoms with Gasteiger partial charge in [-0.25, -0.2) is 4.79 Å². The normalized spacial score (nSPS) is 20.7. The Morgan fingerprint density at radius 3 is 2.05 bits per heavy atom. The number of amides is 6. The van der Waals surface area contributed by atoms with Gasteiger partial charge in [0.1, 0.15) is 18.1 Å². The minimum absolute atomic E-state index is 0.225. The summed E-state index contributed by atoms with van der Waals surface area (Å²) in [5.74, 6) is -3.66. The van der Waals surface area contributed by atoms with Crippen LogP contribution in [0.15, 0.2) is 24.3 Å². The summed E-state index contributed by atoms with van der Waals surface area (Å²) in [6, 6.07) is 3.23. The quantitative estimate of drug-likeness (QED) is 0.233. The van der Waals surface area contributed by atoms with Crippen molar-refractivity contribution in [1.29, 1.82) is 0 Å². The second kappa shape index (κ2) is 13.1. The molecule has 1 saturated carbocycles. The minimum Gasteiger partial charge on any atom is -0.368 e. The van der Waals surface area contributed by atoms with E-state index in [1.54, 1.807) is 20.8 Å². The summed E-state index contributed by atoms with van der Waals surface area (Å²) in [6.07, 6.45) is 5.21. The van der Waals surface area contributed by atoms with Gasteiger partial charge >= 0.3 is 6.03 Å². The molecule has 3 aliphatic rings. The molecular weight excluding hydrogens is 552 g/mol. The first-order chi connectivity index (χ1) is 20.3. The van der Waals surface area contributed by atoms with Crippen molar-refractivity contribution in [3.05, 3.63) is 35.4 Å². The Labute approximate surface area is 252 Å². The summed E-state index contributed by atoms with van der Waals surface area (Å²) >= 11 is 0. The third-order valence-electron chi connectivity index (χ3n) is 9.04. The molecule has 1 saturated heterocycles. The highest BCUT2D eigenvalue weighted by Crippen LogP contribution is 2.32. The van der Waals surface area contributed by atoms with Crippen LogP contribution >= 0.6 is 0 Å². The van der Waals surface area contributed by atoms with Crippen LogP contribution < -0.4 is 27.4 Å². The lowest BCUT2D eigenvalue weighted by Gasteiger charge is -2.34. The number of nitrogens with zero attached hydrogens (tertiary/aromatic N) is 1. The maximum Gasteiger partial charge on any atom is 0.316 e. The van der Waals surface area contributed by atoms with E-state index in [1.165, 1.54) is 4.90 Å². The van der Waals surface area contributed by atoms with Crippen LogP contribution in [0.5, 0.6) is 0 Å². The van der Waals surface area contributed by atoms with Crippen molar-refractivity contribution in [3.63, 3.8) is 0 Å². The standard InChI is InChI=1S/C31H44N6O6/c1-31(2,3)25(27(33)40)36-30(43)35-23(20-15-18-10-4-5-11-19(18)16-20)29(42)37-13-7-12-22(37)28(41)34-21(24(38)26(32)39)14-17-8-6-9-17/h4-5,10-11,17,20-23,25H,6-9,12-16H2,1-3H3,(H2,32,39)(H2,33,40)(H,34,41)(H2,35,36,43). The third-order valence-corrected chi connectivity index (χ3v) is 9.04. The number of carbonyl (C=O) groups is 6. The average molecular weight is 597 g/mol. The van der Waals surface area contributed by atoms with Gasteiger partial charge in [0.15, 0.2) is 0 Å². The second-order valence-electron chi connectivity index (χ2n) is 13.2. The molecule has 0 radical (unpaired) electrons. The summed E-state index contributed by atoms with van der Waals surface area (Å²) in [7, 11) is 0. The number of carbonyl (C=O) groups excluding carboxylic acids is 6. The van der Waals surface area contributed by atoms with Gasteiger partial charge in [0.05, 0.1) is 6.04 Å². The van der Waals surface area contributed by atoms with Gasteiger partial charge < -0.3 is 32.3 Å². The van der Waals surface area contributed by atoms with Gasteiger partial charge in [0.2, 0.25) is 23.5 Å². The van der Waals surface area contributed by atoms with Crippen LogP contribution in [0, 0.1) is 17.3 Å². The molecule has 6 amide bonds. The number of urea groups is 1. The first-order valence-electron chi connectivity index (χ1n) is 15.1. The van der Waals surface area contributed by atoms with Gasteiger partial charge in [-0.2, -0.15) is 0 Å². The third kappa shape index (κ3) is 7.52. The number of Topliss-reactive ketones (excluding diaryl/α,β-unsaturated/α-hetero) is 1. The van der Waals surface area contributed by atoms with Crippen LogP contribution in [0.25, 0.3) is 0 Å². The van der Waals surface area contributed by atoms with E-state index in [-0.39, 0.29) is 11.8 Å². The van der Waals surface area contributed by atoms with Crippen molar-refractivity contribution in [2.45, 2.75) is 96.3 Å². The Hall–Kier alpha value is -3.96. The SMILES string of the molecule is CC(C)(C)C(NC(=O)NC(C(=O)N1CCCC1C(=O)NC(CC1CCC1)C(=O)C(N)=O)C1Cc2ccccc2C1)C(N)=O. The molecule has 234 valence electrons. The molecule has 0 spiro atoms. The topological polar surface area (TPSA) is 194 Å². The summed E-state index contributed by atoms with van der Waals surface area (Å²) in [4.78, 5) is 78.7. The van der Waals surface area contributed by atoms with E-state index < -0.39 is 65.0 Å². The van der Waals surface area contributed by atoms with Crippen molar-refractivity contribution in [2.24, 2.45) is 28.7 Å². The number of nitrogens with one attached hydrogen (secondary N) is 3. The van der Waals surface area contributed by atoms with Crippen LogP contribution in [0.4, 0.5) is 4.79 Å². The molecule has 2 fully saturated rings. The van der Waals surface area contributed by atoms with E-state index in [9.17, 15) is 28.8 Å². The monoisotopic (exact) mass is 596 g/mol. The smallest absolute Gasteiger partial charge is 0.316 e. The lowest BCUT2D eigenvalue weighted by molar-refractivity contribution is -0.143. The van der Waals surface area contributed by atoms with Gasteiger partial charge in [-0.05, 0) is 60.5 Å². The van der Waals surface area contributed by atoms with E-state index in [0.29, 0.717) is 38.6 Å². The molecule has 12 nitrogen and oxygen atoms in total. The number of primary amides is 2. The number of fused-ring (bicyclic) bond motifs is 1. The molecule has 4 rings (SSSR count). The van der Waals surface area contributed by atoms with Crippen molar-refractivity contribution in [3.8, 4) is 0 Å². The van der Waals surface area contributed by atoms with Gasteiger partial charge in [0.25, 0.3) is 5.91 Å². The average Bonchev–Trinajstić information content (AvgIpc) is 3.57. The van der Waals surface area contributed by atoms with E-state index in [2.05, 4.69) is 16.0 Å².